The maximum atomic E-state index is 12.1. The number of fused-ring (bicyclic) bond motifs is 1. The van der Waals surface area contributed by atoms with E-state index in [-0.39, 0.29) is 17.9 Å². The van der Waals surface area contributed by atoms with E-state index >= 15 is 0 Å². The molecule has 34 heavy (non-hydrogen) atoms. The van der Waals surface area contributed by atoms with Gasteiger partial charge in [-0.2, -0.15) is 5.10 Å². The molecule has 0 radical (unpaired) electrons. The number of nitrogens with one attached hydrogen (secondary N) is 1. The van der Waals surface area contributed by atoms with Crippen LogP contribution in [-0.2, 0) is 11.8 Å². The van der Waals surface area contributed by atoms with Gasteiger partial charge < -0.3 is 13.9 Å². The van der Waals surface area contributed by atoms with Crippen LogP contribution in [0, 0.1) is 24.0 Å². The van der Waals surface area contributed by atoms with Crippen molar-refractivity contribution in [3.05, 3.63) is 81.2 Å². The topological polar surface area (TPSA) is 117 Å². The van der Waals surface area contributed by atoms with Gasteiger partial charge in [0.2, 0.25) is 5.95 Å². The summed E-state index contributed by atoms with van der Waals surface area (Å²) < 4.78 is 8.73. The zero-order valence-corrected chi connectivity index (χ0v) is 19.3. The van der Waals surface area contributed by atoms with Gasteiger partial charge in [0.25, 0.3) is 5.69 Å². The molecular formula is C24H24N6O4. The SMILES string of the molecule is CCOC(=O)c1ccc(-n2c(C)cc(/C=N\Nc3nc4ccccc4n3C)c2C)cc1[N+](=O)[O-]. The largest absolute Gasteiger partial charge is 0.462 e. The average molecular weight is 460 g/mol. The highest BCUT2D eigenvalue weighted by Gasteiger charge is 2.23. The molecule has 0 atom stereocenters. The fourth-order valence-corrected chi connectivity index (χ4v) is 3.91. The molecule has 10 nitrogen and oxygen atoms in total. The van der Waals surface area contributed by atoms with Gasteiger partial charge in [0.1, 0.15) is 5.56 Å². The number of carbonyl (C=O) groups is 1. The molecule has 4 rings (SSSR count). The first kappa shape index (κ1) is 22.7. The summed E-state index contributed by atoms with van der Waals surface area (Å²) in [7, 11) is 1.91. The van der Waals surface area contributed by atoms with E-state index in [1.165, 1.54) is 12.1 Å². The first-order valence-electron chi connectivity index (χ1n) is 10.7. The van der Waals surface area contributed by atoms with E-state index in [0.29, 0.717) is 11.6 Å². The molecule has 0 bridgehead atoms. The molecular weight excluding hydrogens is 436 g/mol. The Morgan fingerprint density at radius 3 is 2.71 bits per heavy atom. The second-order valence-corrected chi connectivity index (χ2v) is 7.69. The standard InChI is InChI=1S/C24H24N6O4/c1-5-34-23(31)19-11-10-18(13-22(19)30(32)33)29-15(2)12-17(16(29)3)14-25-27-24-26-20-8-6-7-9-21(20)28(24)4/h6-14H,5H2,1-4H3,(H,26,27)/b25-14-. The fourth-order valence-electron chi connectivity index (χ4n) is 3.91. The molecule has 2 heterocycles. The van der Waals surface area contributed by atoms with Crippen LogP contribution in [0.15, 0.2) is 53.6 Å². The maximum absolute atomic E-state index is 12.1. The van der Waals surface area contributed by atoms with Gasteiger partial charge >= 0.3 is 5.97 Å². The van der Waals surface area contributed by atoms with Crippen molar-refractivity contribution in [2.24, 2.45) is 12.1 Å². The van der Waals surface area contributed by atoms with E-state index in [2.05, 4.69) is 15.5 Å². The summed E-state index contributed by atoms with van der Waals surface area (Å²) >= 11 is 0. The van der Waals surface area contributed by atoms with Gasteiger partial charge in [0.15, 0.2) is 0 Å². The minimum atomic E-state index is -0.720. The zero-order valence-electron chi connectivity index (χ0n) is 19.3. The zero-order chi connectivity index (χ0) is 24.4. The van der Waals surface area contributed by atoms with Crippen LogP contribution in [0.5, 0.6) is 0 Å². The Morgan fingerprint density at radius 1 is 1.24 bits per heavy atom. The van der Waals surface area contributed by atoms with Crippen LogP contribution < -0.4 is 5.43 Å². The lowest BCUT2D eigenvalue weighted by Crippen LogP contribution is -2.09. The third kappa shape index (κ3) is 4.13. The monoisotopic (exact) mass is 460 g/mol. The molecule has 2 aromatic heterocycles. The third-order valence-electron chi connectivity index (χ3n) is 5.56. The molecule has 2 aromatic carbocycles. The number of nitrogens with zero attached hydrogens (tertiary/aromatic N) is 5. The van der Waals surface area contributed by atoms with E-state index in [1.54, 1.807) is 19.2 Å². The Bertz CT molecular complexity index is 1430. The minimum absolute atomic E-state index is 0.0773. The molecule has 174 valence electrons. The van der Waals surface area contributed by atoms with Crippen molar-refractivity contribution in [1.29, 1.82) is 0 Å². The summed E-state index contributed by atoms with van der Waals surface area (Å²) in [6.45, 7) is 5.58. The Balaban J connectivity index is 1.63. The van der Waals surface area contributed by atoms with E-state index < -0.39 is 10.9 Å². The molecule has 0 amide bonds. The van der Waals surface area contributed by atoms with E-state index in [4.69, 9.17) is 4.74 Å². The highest BCUT2D eigenvalue weighted by molar-refractivity contribution is 5.94. The Hall–Kier alpha value is -4.47. The number of aromatic nitrogens is 3. The molecule has 0 aliphatic rings. The van der Waals surface area contributed by atoms with E-state index in [1.807, 2.05) is 60.4 Å². The second-order valence-electron chi connectivity index (χ2n) is 7.69. The number of carbonyl (C=O) groups excluding carboxylic acids is 1. The molecule has 0 saturated heterocycles. The molecule has 0 unspecified atom stereocenters. The number of aryl methyl sites for hydroxylation is 2. The molecule has 0 saturated carbocycles. The van der Waals surface area contributed by atoms with Crippen LogP contribution in [0.1, 0.15) is 34.2 Å². The fraction of sp³-hybridized carbons (Fsp3) is 0.208. The van der Waals surface area contributed by atoms with Gasteiger partial charge in [0, 0.05) is 30.1 Å². The number of hydrazone groups is 1. The maximum Gasteiger partial charge on any atom is 0.345 e. The quantitative estimate of drug-likeness (QED) is 0.188. The number of anilines is 1. The van der Waals surface area contributed by atoms with Crippen molar-refractivity contribution < 1.29 is 14.5 Å². The van der Waals surface area contributed by atoms with Gasteiger partial charge in [-0.05, 0) is 51.1 Å². The lowest BCUT2D eigenvalue weighted by Gasteiger charge is -2.11. The Labute approximate surface area is 195 Å². The highest BCUT2D eigenvalue weighted by atomic mass is 16.6. The number of imidazole rings is 1. The summed E-state index contributed by atoms with van der Waals surface area (Å²) in [6, 6.07) is 14.2. The molecule has 10 heteroatoms. The van der Waals surface area contributed by atoms with Gasteiger partial charge in [-0.25, -0.2) is 15.2 Å². The molecule has 0 aliphatic heterocycles. The summed E-state index contributed by atoms with van der Waals surface area (Å²) in [6.07, 6.45) is 1.68. The van der Waals surface area contributed by atoms with Crippen molar-refractivity contribution >= 4 is 34.9 Å². The van der Waals surface area contributed by atoms with Crippen molar-refractivity contribution in [3.63, 3.8) is 0 Å². The molecule has 0 fully saturated rings. The number of nitro benzene ring substituents is 1. The van der Waals surface area contributed by atoms with Crippen molar-refractivity contribution in [1.82, 2.24) is 14.1 Å². The number of rotatable bonds is 7. The third-order valence-corrected chi connectivity index (χ3v) is 5.56. The molecule has 4 aromatic rings. The Kier molecular flexibility index (Phi) is 6.13. The number of benzene rings is 2. The number of nitro groups is 1. The molecule has 0 aliphatic carbocycles. The van der Waals surface area contributed by atoms with Crippen LogP contribution in [0.2, 0.25) is 0 Å². The molecule has 1 N–H and O–H groups in total. The summed E-state index contributed by atoms with van der Waals surface area (Å²) in [4.78, 5) is 27.7. The highest BCUT2D eigenvalue weighted by Crippen LogP contribution is 2.27. The number of ether oxygens (including phenoxy) is 1. The second kappa shape index (κ2) is 9.18. The van der Waals surface area contributed by atoms with Gasteiger partial charge in [-0.1, -0.05) is 12.1 Å². The number of para-hydroxylation sites is 2. The predicted molar refractivity (Wildman–Crippen MR) is 130 cm³/mol. The lowest BCUT2D eigenvalue weighted by atomic mass is 10.1. The van der Waals surface area contributed by atoms with E-state index in [0.717, 1.165) is 28.0 Å². The van der Waals surface area contributed by atoms with E-state index in [9.17, 15) is 14.9 Å². The van der Waals surface area contributed by atoms with Gasteiger partial charge in [-0.15, -0.1) is 0 Å². The minimum Gasteiger partial charge on any atom is -0.462 e. The van der Waals surface area contributed by atoms with Crippen LogP contribution in [0.3, 0.4) is 0 Å². The first-order chi connectivity index (χ1) is 16.3. The van der Waals surface area contributed by atoms with Crippen LogP contribution in [0.4, 0.5) is 11.6 Å². The van der Waals surface area contributed by atoms with Crippen molar-refractivity contribution in [3.8, 4) is 5.69 Å². The number of hydrogen-bond acceptors (Lipinski definition) is 7. The van der Waals surface area contributed by atoms with Gasteiger partial charge in [-0.3, -0.25) is 10.1 Å². The van der Waals surface area contributed by atoms with Crippen LogP contribution >= 0.6 is 0 Å². The number of esters is 1. The lowest BCUT2D eigenvalue weighted by molar-refractivity contribution is -0.385. The summed E-state index contributed by atoms with van der Waals surface area (Å²) in [5.74, 6) is -0.112. The average Bonchev–Trinajstić information content (AvgIpc) is 3.29. The van der Waals surface area contributed by atoms with Crippen LogP contribution in [0.25, 0.3) is 16.7 Å². The van der Waals surface area contributed by atoms with Crippen molar-refractivity contribution in [2.45, 2.75) is 20.8 Å². The molecule has 0 spiro atoms. The Morgan fingerprint density at radius 2 is 2.00 bits per heavy atom. The summed E-state index contributed by atoms with van der Waals surface area (Å²) in [5.41, 5.74) is 7.56. The van der Waals surface area contributed by atoms with Crippen LogP contribution in [-0.4, -0.2) is 37.8 Å². The first-order valence-corrected chi connectivity index (χ1v) is 10.7. The number of hydrogen-bond donors (Lipinski definition) is 1. The van der Waals surface area contributed by atoms with Crippen molar-refractivity contribution in [2.75, 3.05) is 12.0 Å². The van der Waals surface area contributed by atoms with Gasteiger partial charge in [0.05, 0.1) is 34.5 Å². The predicted octanol–water partition coefficient (Wildman–Crippen LogP) is 4.51. The summed E-state index contributed by atoms with van der Waals surface area (Å²) in [5, 5.41) is 15.9. The normalized spacial score (nSPS) is 11.3. The smallest absolute Gasteiger partial charge is 0.345 e.